The highest BCUT2D eigenvalue weighted by Gasteiger charge is 2.30. The molecule has 2 atom stereocenters. The molecule has 0 spiro atoms. The summed E-state index contributed by atoms with van der Waals surface area (Å²) in [5.74, 6) is 0. The van der Waals surface area contributed by atoms with Crippen molar-refractivity contribution in [2.45, 2.75) is 25.0 Å². The number of urea groups is 1. The van der Waals surface area contributed by atoms with Crippen LogP contribution < -0.4 is 32.5 Å². The van der Waals surface area contributed by atoms with Crippen LogP contribution in [0.2, 0.25) is 0 Å². The molecule has 0 aromatic heterocycles. The van der Waals surface area contributed by atoms with Crippen molar-refractivity contribution < 1.29 is 23.1 Å². The van der Waals surface area contributed by atoms with E-state index in [2.05, 4.69) is 26.8 Å². The lowest BCUT2D eigenvalue weighted by Gasteiger charge is -2.18. The van der Waals surface area contributed by atoms with Crippen molar-refractivity contribution in [1.82, 2.24) is 16.2 Å². The van der Waals surface area contributed by atoms with Crippen molar-refractivity contribution in [3.8, 4) is 0 Å². The number of aliphatic hydroxyl groups is 1. The normalized spacial score (nSPS) is 17.0. The molecule has 1 aliphatic rings. The maximum atomic E-state index is 12.6. The summed E-state index contributed by atoms with van der Waals surface area (Å²) in [6.45, 7) is 0.411. The van der Waals surface area contributed by atoms with E-state index in [1.165, 1.54) is 12.1 Å². The van der Waals surface area contributed by atoms with E-state index >= 15 is 0 Å². The van der Waals surface area contributed by atoms with Crippen LogP contribution in [-0.4, -0.2) is 23.4 Å². The lowest BCUT2D eigenvalue weighted by atomic mass is 10.1. The maximum absolute atomic E-state index is 12.6. The Hall–Kier alpha value is -3.28. The monoisotopic (exact) mass is 422 g/mol. The molecule has 0 aliphatic carbocycles. The third-order valence-electron chi connectivity index (χ3n) is 4.29. The molecule has 160 valence electrons. The molecule has 30 heavy (non-hydrogen) atoms. The lowest BCUT2D eigenvalue weighted by molar-refractivity contribution is -0.137. The predicted molar refractivity (Wildman–Crippen MR) is 106 cm³/mol. The fraction of sp³-hybridized carbons (Fsp3) is 0.211. The number of amides is 2. The molecule has 8 nitrogen and oxygen atoms in total. The van der Waals surface area contributed by atoms with E-state index in [4.69, 9.17) is 5.73 Å². The Morgan fingerprint density at radius 3 is 2.50 bits per heavy atom. The zero-order valence-corrected chi connectivity index (χ0v) is 15.6. The van der Waals surface area contributed by atoms with E-state index in [0.29, 0.717) is 17.9 Å². The van der Waals surface area contributed by atoms with Gasteiger partial charge in [0.1, 0.15) is 12.3 Å². The first kappa shape index (κ1) is 21.4. The van der Waals surface area contributed by atoms with Gasteiger partial charge in [-0.3, -0.25) is 0 Å². The molecular formula is C19H21F3N6O2. The first-order valence-corrected chi connectivity index (χ1v) is 8.95. The number of rotatable bonds is 6. The highest BCUT2D eigenvalue weighted by molar-refractivity contribution is 5.99. The summed E-state index contributed by atoms with van der Waals surface area (Å²) in [6.07, 6.45) is -3.86. The van der Waals surface area contributed by atoms with Crippen LogP contribution in [0.25, 0.3) is 0 Å². The molecule has 0 fully saturated rings. The van der Waals surface area contributed by atoms with Gasteiger partial charge in [-0.05, 0) is 42.0 Å². The molecule has 0 saturated heterocycles. The summed E-state index contributed by atoms with van der Waals surface area (Å²) in [6, 6.07) is 10.1. The number of hydrazine groups is 1. The second-order valence-electron chi connectivity index (χ2n) is 6.56. The summed E-state index contributed by atoms with van der Waals surface area (Å²) >= 11 is 0. The molecule has 3 rings (SSSR count). The summed E-state index contributed by atoms with van der Waals surface area (Å²) in [5, 5.41) is 17.8. The largest absolute Gasteiger partial charge is 0.416 e. The van der Waals surface area contributed by atoms with Gasteiger partial charge >= 0.3 is 12.2 Å². The average molecular weight is 422 g/mol. The fourth-order valence-electron chi connectivity index (χ4n) is 2.81. The number of carbonyl (C=O) groups excluding carboxylic acids is 1. The number of carbonyl (C=O) groups is 1. The number of nitrogens with one attached hydrogen (secondary N) is 5. The number of hydrogen-bond donors (Lipinski definition) is 7. The van der Waals surface area contributed by atoms with Gasteiger partial charge < -0.3 is 32.2 Å². The van der Waals surface area contributed by atoms with Gasteiger partial charge in [0.15, 0.2) is 0 Å². The predicted octanol–water partition coefficient (Wildman–Crippen LogP) is 2.03. The van der Waals surface area contributed by atoms with Crippen molar-refractivity contribution in [2.24, 2.45) is 5.73 Å². The number of nitrogens with two attached hydrogens (primary N) is 1. The molecule has 1 heterocycles. The number of benzene rings is 2. The zero-order chi connectivity index (χ0) is 21.7. The van der Waals surface area contributed by atoms with Crippen LogP contribution in [0.15, 0.2) is 60.4 Å². The fourth-order valence-corrected chi connectivity index (χ4v) is 2.81. The minimum Gasteiger partial charge on any atom is -0.382 e. The van der Waals surface area contributed by atoms with Crippen LogP contribution >= 0.6 is 0 Å². The molecular weight excluding hydrogens is 401 g/mol. The summed E-state index contributed by atoms with van der Waals surface area (Å²) in [5.41, 5.74) is 12.5. The average Bonchev–Trinajstić information content (AvgIpc) is 3.15. The maximum Gasteiger partial charge on any atom is 0.416 e. The van der Waals surface area contributed by atoms with Crippen LogP contribution in [0.4, 0.5) is 29.3 Å². The Balaban J connectivity index is 1.55. The number of alkyl halides is 3. The van der Waals surface area contributed by atoms with Gasteiger partial charge in [-0.25, -0.2) is 10.2 Å². The summed E-state index contributed by atoms with van der Waals surface area (Å²) in [4.78, 5) is 12.1. The quantitative estimate of drug-likeness (QED) is 0.358. The summed E-state index contributed by atoms with van der Waals surface area (Å²) in [7, 11) is 0. The smallest absolute Gasteiger partial charge is 0.382 e. The zero-order valence-electron chi connectivity index (χ0n) is 15.6. The van der Waals surface area contributed by atoms with Crippen molar-refractivity contribution in [2.75, 3.05) is 10.6 Å². The van der Waals surface area contributed by atoms with Crippen molar-refractivity contribution in [1.29, 1.82) is 0 Å². The van der Waals surface area contributed by atoms with Crippen LogP contribution in [0.1, 0.15) is 11.1 Å². The molecule has 0 radical (unpaired) electrons. The molecule has 0 saturated carbocycles. The first-order chi connectivity index (χ1) is 14.2. The Labute approximate surface area is 170 Å². The SMILES string of the molecule is NC(O)C1NNC=C1NCc1cccc(NC(=O)Nc2ccc(C(F)(F)F)cc2)c1. The topological polar surface area (TPSA) is 123 Å². The van der Waals surface area contributed by atoms with Gasteiger partial charge in [0.05, 0.1) is 11.3 Å². The van der Waals surface area contributed by atoms with Crippen molar-refractivity contribution >= 4 is 17.4 Å². The third-order valence-corrected chi connectivity index (χ3v) is 4.29. The number of hydrogen-bond acceptors (Lipinski definition) is 6. The third kappa shape index (κ3) is 5.63. The first-order valence-electron chi connectivity index (χ1n) is 8.95. The Morgan fingerprint density at radius 1 is 1.13 bits per heavy atom. The van der Waals surface area contributed by atoms with Crippen LogP contribution in [0.3, 0.4) is 0 Å². The highest BCUT2D eigenvalue weighted by Crippen LogP contribution is 2.29. The molecule has 8 N–H and O–H groups in total. The minimum atomic E-state index is -4.43. The van der Waals surface area contributed by atoms with Crippen LogP contribution in [0.5, 0.6) is 0 Å². The number of anilines is 2. The van der Waals surface area contributed by atoms with Crippen molar-refractivity contribution in [3.05, 3.63) is 71.6 Å². The van der Waals surface area contributed by atoms with Gasteiger partial charge in [0.25, 0.3) is 0 Å². The molecule has 11 heteroatoms. The summed E-state index contributed by atoms with van der Waals surface area (Å²) < 4.78 is 37.8. The van der Waals surface area contributed by atoms with Crippen LogP contribution in [0, 0.1) is 0 Å². The van der Waals surface area contributed by atoms with Crippen molar-refractivity contribution in [3.63, 3.8) is 0 Å². The van der Waals surface area contributed by atoms with Gasteiger partial charge in [0.2, 0.25) is 0 Å². The Kier molecular flexibility index (Phi) is 6.45. The van der Waals surface area contributed by atoms with Gasteiger partial charge in [0, 0.05) is 24.1 Å². The van der Waals surface area contributed by atoms with Gasteiger partial charge in [-0.2, -0.15) is 13.2 Å². The highest BCUT2D eigenvalue weighted by atomic mass is 19.4. The molecule has 2 aromatic carbocycles. The van der Waals surface area contributed by atoms with E-state index in [-0.39, 0.29) is 5.69 Å². The number of halogens is 3. The van der Waals surface area contributed by atoms with Gasteiger partial charge in [-0.15, -0.1) is 0 Å². The van der Waals surface area contributed by atoms with E-state index < -0.39 is 30.0 Å². The minimum absolute atomic E-state index is 0.234. The lowest BCUT2D eigenvalue weighted by Crippen LogP contribution is -2.48. The molecule has 0 bridgehead atoms. The Morgan fingerprint density at radius 2 is 1.83 bits per heavy atom. The Bertz CT molecular complexity index is 915. The second-order valence-corrected chi connectivity index (χ2v) is 6.56. The van der Waals surface area contributed by atoms with E-state index in [0.717, 1.165) is 17.7 Å². The standard InChI is InChI=1S/C19H21F3N6O2/c20-19(21,22)12-4-6-13(7-5-12)26-18(30)27-14-3-1-2-11(8-14)9-24-15-10-25-28-16(15)17(23)29/h1-8,10,16-17,24-25,28-29H,9,23H2,(H2,26,27,30). The van der Waals surface area contributed by atoms with E-state index in [1.54, 1.807) is 24.4 Å². The molecule has 2 unspecified atom stereocenters. The number of aliphatic hydroxyl groups excluding tert-OH is 1. The molecule has 2 amide bonds. The van der Waals surface area contributed by atoms with Crippen LogP contribution in [-0.2, 0) is 12.7 Å². The molecule has 1 aliphatic heterocycles. The van der Waals surface area contributed by atoms with E-state index in [1.807, 2.05) is 6.07 Å². The van der Waals surface area contributed by atoms with E-state index in [9.17, 15) is 23.1 Å². The second kappa shape index (κ2) is 9.03. The molecule has 2 aromatic rings. The van der Waals surface area contributed by atoms with Gasteiger partial charge in [-0.1, -0.05) is 12.1 Å².